The Bertz CT molecular complexity index is 686. The molecule has 0 aromatic heterocycles. The number of aliphatic hydroxyl groups is 1. The first kappa shape index (κ1) is 18.2. The number of ether oxygens (including phenoxy) is 1. The molecule has 1 unspecified atom stereocenters. The predicted octanol–water partition coefficient (Wildman–Crippen LogP) is 1.30. The molecule has 0 fully saturated rings. The molecule has 0 radical (unpaired) electrons. The SMILES string of the molecule is CC1=C(C(=O)OCCc2c(F)cc(F)cc2F)C(CO)NC(=S)N1. The highest BCUT2D eigenvalue weighted by Gasteiger charge is 2.29. The largest absolute Gasteiger partial charge is 0.462 e. The van der Waals surface area contributed by atoms with Crippen molar-refractivity contribution in [1.82, 2.24) is 10.6 Å². The number of aliphatic hydroxyl groups excluding tert-OH is 1. The van der Waals surface area contributed by atoms with E-state index in [1.165, 1.54) is 0 Å². The van der Waals surface area contributed by atoms with Crippen molar-refractivity contribution in [2.75, 3.05) is 13.2 Å². The number of hydrogen-bond acceptors (Lipinski definition) is 4. The van der Waals surface area contributed by atoms with E-state index in [0.717, 1.165) is 0 Å². The van der Waals surface area contributed by atoms with Gasteiger partial charge in [-0.25, -0.2) is 18.0 Å². The van der Waals surface area contributed by atoms with Crippen molar-refractivity contribution < 1.29 is 27.8 Å². The van der Waals surface area contributed by atoms with E-state index in [1.54, 1.807) is 6.92 Å². The Kier molecular flexibility index (Phi) is 5.79. The fraction of sp³-hybridized carbons (Fsp3) is 0.333. The van der Waals surface area contributed by atoms with E-state index in [-0.39, 0.29) is 35.9 Å². The van der Waals surface area contributed by atoms with Crippen LogP contribution in [-0.4, -0.2) is 35.4 Å². The maximum absolute atomic E-state index is 13.5. The van der Waals surface area contributed by atoms with Crippen molar-refractivity contribution in [1.29, 1.82) is 0 Å². The molecule has 1 aliphatic rings. The van der Waals surface area contributed by atoms with Crippen molar-refractivity contribution in [3.05, 3.63) is 46.4 Å². The van der Waals surface area contributed by atoms with E-state index in [2.05, 4.69) is 10.6 Å². The van der Waals surface area contributed by atoms with Crippen LogP contribution in [0.4, 0.5) is 13.2 Å². The van der Waals surface area contributed by atoms with Crippen LogP contribution < -0.4 is 10.6 Å². The number of thiocarbonyl (C=S) groups is 1. The molecule has 0 amide bonds. The van der Waals surface area contributed by atoms with Gasteiger partial charge >= 0.3 is 5.97 Å². The van der Waals surface area contributed by atoms with Gasteiger partial charge in [0, 0.05) is 29.8 Å². The van der Waals surface area contributed by atoms with E-state index in [0.29, 0.717) is 17.8 Å². The molecular weight excluding hydrogens is 345 g/mol. The summed E-state index contributed by atoms with van der Waals surface area (Å²) in [5, 5.41) is 15.0. The van der Waals surface area contributed by atoms with Crippen LogP contribution in [0.15, 0.2) is 23.4 Å². The minimum Gasteiger partial charge on any atom is -0.462 e. The molecule has 24 heavy (non-hydrogen) atoms. The maximum atomic E-state index is 13.5. The number of carbonyl (C=O) groups excluding carboxylic acids is 1. The quantitative estimate of drug-likeness (QED) is 0.543. The zero-order chi connectivity index (χ0) is 17.9. The van der Waals surface area contributed by atoms with Gasteiger partial charge in [-0.3, -0.25) is 0 Å². The van der Waals surface area contributed by atoms with Crippen molar-refractivity contribution >= 4 is 23.3 Å². The fourth-order valence-electron chi connectivity index (χ4n) is 2.33. The third-order valence-corrected chi connectivity index (χ3v) is 3.67. The Morgan fingerprint density at radius 3 is 2.54 bits per heavy atom. The average molecular weight is 360 g/mol. The summed E-state index contributed by atoms with van der Waals surface area (Å²) in [7, 11) is 0. The van der Waals surface area contributed by atoms with E-state index >= 15 is 0 Å². The van der Waals surface area contributed by atoms with Gasteiger partial charge in [-0.1, -0.05) is 0 Å². The molecule has 2 rings (SSSR count). The number of halogens is 3. The number of esters is 1. The fourth-order valence-corrected chi connectivity index (χ4v) is 2.63. The van der Waals surface area contributed by atoms with Gasteiger partial charge in [-0.05, 0) is 19.1 Å². The van der Waals surface area contributed by atoms with Gasteiger partial charge in [-0.2, -0.15) is 0 Å². The van der Waals surface area contributed by atoms with Crippen LogP contribution in [0.25, 0.3) is 0 Å². The summed E-state index contributed by atoms with van der Waals surface area (Å²) in [6.07, 6.45) is -0.251. The van der Waals surface area contributed by atoms with Crippen molar-refractivity contribution in [3.63, 3.8) is 0 Å². The van der Waals surface area contributed by atoms with Crippen LogP contribution >= 0.6 is 12.2 Å². The molecule has 0 aliphatic carbocycles. The van der Waals surface area contributed by atoms with Crippen molar-refractivity contribution in [2.45, 2.75) is 19.4 Å². The number of allylic oxidation sites excluding steroid dienone is 1. The van der Waals surface area contributed by atoms with E-state index in [4.69, 9.17) is 17.0 Å². The van der Waals surface area contributed by atoms with Gasteiger partial charge in [0.1, 0.15) is 17.5 Å². The van der Waals surface area contributed by atoms with Crippen LogP contribution in [-0.2, 0) is 16.0 Å². The molecule has 0 saturated heterocycles. The van der Waals surface area contributed by atoms with Gasteiger partial charge in [0.25, 0.3) is 0 Å². The Morgan fingerprint density at radius 1 is 1.33 bits per heavy atom. The highest BCUT2D eigenvalue weighted by Crippen LogP contribution is 2.17. The van der Waals surface area contributed by atoms with Crippen LogP contribution in [0.1, 0.15) is 12.5 Å². The van der Waals surface area contributed by atoms with E-state index < -0.39 is 29.5 Å². The molecule has 3 N–H and O–H groups in total. The zero-order valence-corrected chi connectivity index (χ0v) is 13.5. The number of hydrogen-bond donors (Lipinski definition) is 3. The normalized spacial score (nSPS) is 17.4. The van der Waals surface area contributed by atoms with Crippen LogP contribution in [0, 0.1) is 17.5 Å². The van der Waals surface area contributed by atoms with Gasteiger partial charge in [-0.15, -0.1) is 0 Å². The summed E-state index contributed by atoms with van der Waals surface area (Å²) < 4.78 is 44.9. The second kappa shape index (κ2) is 7.63. The van der Waals surface area contributed by atoms with Gasteiger partial charge in [0.05, 0.1) is 24.8 Å². The third-order valence-electron chi connectivity index (χ3n) is 3.45. The average Bonchev–Trinajstić information content (AvgIpc) is 2.48. The van der Waals surface area contributed by atoms with Crippen LogP contribution in [0.2, 0.25) is 0 Å². The molecule has 1 atom stereocenters. The minimum absolute atomic E-state index is 0.145. The summed E-state index contributed by atoms with van der Waals surface area (Å²) >= 11 is 4.92. The maximum Gasteiger partial charge on any atom is 0.337 e. The lowest BCUT2D eigenvalue weighted by atomic mass is 10.0. The monoisotopic (exact) mass is 360 g/mol. The predicted molar refractivity (Wildman–Crippen MR) is 83.4 cm³/mol. The number of nitrogens with one attached hydrogen (secondary N) is 2. The second-order valence-electron chi connectivity index (χ2n) is 5.11. The second-order valence-corrected chi connectivity index (χ2v) is 5.51. The summed E-state index contributed by atoms with van der Waals surface area (Å²) in [5.74, 6) is -3.86. The van der Waals surface area contributed by atoms with Crippen LogP contribution in [0.5, 0.6) is 0 Å². The lowest BCUT2D eigenvalue weighted by Gasteiger charge is -2.28. The van der Waals surface area contributed by atoms with Crippen molar-refractivity contribution in [2.24, 2.45) is 0 Å². The number of benzene rings is 1. The topological polar surface area (TPSA) is 70.6 Å². The summed E-state index contributed by atoms with van der Waals surface area (Å²) in [6, 6.07) is 0.389. The molecule has 9 heteroatoms. The van der Waals surface area contributed by atoms with Crippen LogP contribution in [0.3, 0.4) is 0 Å². The zero-order valence-electron chi connectivity index (χ0n) is 12.7. The lowest BCUT2D eigenvalue weighted by molar-refractivity contribution is -0.139. The van der Waals surface area contributed by atoms with Gasteiger partial charge < -0.3 is 20.5 Å². The molecular formula is C15H15F3N2O3S. The Labute approximate surface area is 141 Å². The molecule has 1 aromatic rings. The molecule has 0 spiro atoms. The molecule has 1 aliphatic heterocycles. The molecule has 0 bridgehead atoms. The molecule has 1 aromatic carbocycles. The molecule has 1 heterocycles. The van der Waals surface area contributed by atoms with Crippen molar-refractivity contribution in [3.8, 4) is 0 Å². The van der Waals surface area contributed by atoms with E-state index in [9.17, 15) is 23.1 Å². The summed E-state index contributed by atoms with van der Waals surface area (Å²) in [6.45, 7) is 0.897. The Balaban J connectivity index is 2.03. The molecule has 5 nitrogen and oxygen atoms in total. The number of rotatable bonds is 5. The standard InChI is InChI=1S/C15H15F3N2O3S/c1-7-13(12(6-21)20-15(24)19-7)14(22)23-3-2-9-10(17)4-8(16)5-11(9)18/h4-5,12,21H,2-3,6H2,1H3,(H2,19,20,24). The van der Waals surface area contributed by atoms with E-state index in [1.807, 2.05) is 0 Å². The Hall–Kier alpha value is -2.13. The Morgan fingerprint density at radius 2 is 1.96 bits per heavy atom. The smallest absolute Gasteiger partial charge is 0.337 e. The first-order valence-electron chi connectivity index (χ1n) is 7.03. The summed E-state index contributed by atoms with van der Waals surface area (Å²) in [4.78, 5) is 12.1. The molecule has 130 valence electrons. The third kappa shape index (κ3) is 4.04. The lowest BCUT2D eigenvalue weighted by Crippen LogP contribution is -2.51. The first-order valence-corrected chi connectivity index (χ1v) is 7.44. The minimum atomic E-state index is -1.04. The van der Waals surface area contributed by atoms with Gasteiger partial charge in [0.2, 0.25) is 0 Å². The first-order chi connectivity index (χ1) is 11.3. The highest BCUT2D eigenvalue weighted by atomic mass is 32.1. The van der Waals surface area contributed by atoms with Gasteiger partial charge in [0.15, 0.2) is 5.11 Å². The highest BCUT2D eigenvalue weighted by molar-refractivity contribution is 7.80. The molecule has 0 saturated carbocycles. The number of carbonyl (C=O) groups is 1. The summed E-state index contributed by atoms with van der Waals surface area (Å²) in [5.41, 5.74) is 0.197.